The molecule has 10 nitrogen and oxygen atoms in total. The summed E-state index contributed by atoms with van der Waals surface area (Å²) in [4.78, 5) is 34.8. The Kier molecular flexibility index (Phi) is 5.51. The Morgan fingerprint density at radius 2 is 2.06 bits per heavy atom. The first-order chi connectivity index (χ1) is 16.0. The summed E-state index contributed by atoms with van der Waals surface area (Å²) in [5.74, 6) is -0.343. The molecule has 1 amide bonds. The monoisotopic (exact) mass is 451 g/mol. The van der Waals surface area contributed by atoms with Crippen LogP contribution in [0.25, 0.3) is 11.1 Å². The van der Waals surface area contributed by atoms with Crippen molar-refractivity contribution >= 4 is 23.0 Å². The maximum atomic E-state index is 13.4. The smallest absolute Gasteiger partial charge is 0.298 e. The van der Waals surface area contributed by atoms with Gasteiger partial charge in [0, 0.05) is 32.2 Å². The largest absolute Gasteiger partial charge is 0.423 e. The number of piperazine rings is 1. The van der Waals surface area contributed by atoms with Crippen molar-refractivity contribution in [2.24, 2.45) is 0 Å². The predicted octanol–water partition coefficient (Wildman–Crippen LogP) is 1.41. The predicted molar refractivity (Wildman–Crippen MR) is 116 cm³/mol. The van der Waals surface area contributed by atoms with Crippen molar-refractivity contribution in [3.05, 3.63) is 51.7 Å². The summed E-state index contributed by atoms with van der Waals surface area (Å²) in [6.07, 6.45) is 1.72. The van der Waals surface area contributed by atoms with Gasteiger partial charge in [0.25, 0.3) is 11.6 Å². The Hall–Kier alpha value is -3.78. The van der Waals surface area contributed by atoms with Gasteiger partial charge in [-0.15, -0.1) is 0 Å². The van der Waals surface area contributed by atoms with E-state index in [-0.39, 0.29) is 29.9 Å². The fourth-order valence-electron chi connectivity index (χ4n) is 4.47. The quantitative estimate of drug-likeness (QED) is 0.632. The summed E-state index contributed by atoms with van der Waals surface area (Å²) in [6.45, 7) is 3.18. The topological polar surface area (TPSA) is 122 Å². The Morgan fingerprint density at radius 1 is 1.24 bits per heavy atom. The zero-order valence-electron chi connectivity index (χ0n) is 17.8. The number of nitrogens with one attached hydrogen (secondary N) is 1. The number of carbonyl (C=O) groups excluding carboxylic acids is 1. The summed E-state index contributed by atoms with van der Waals surface area (Å²) >= 11 is 0. The molecule has 11 heteroatoms. The highest BCUT2D eigenvalue weighted by Gasteiger charge is 2.32. The molecule has 170 valence electrons. The first-order valence-corrected chi connectivity index (χ1v) is 10.8. The van der Waals surface area contributed by atoms with Gasteiger partial charge in [-0.1, -0.05) is 0 Å². The third kappa shape index (κ3) is 4.17. The number of benzene rings is 1. The summed E-state index contributed by atoms with van der Waals surface area (Å²) in [5, 5.41) is 15.6. The standard InChI is InChI=1S/C22H22FN7O3/c23-15-3-4-19-17(11-15)25-22(33-19)29-8-6-28(7-9-29)20(31)13-30-5-1-2-18(30)16-10-14(12-24)21(32)27-26-16/h3-4,10-11,18H,1-2,5-9,13H2,(H,27,32). The van der Waals surface area contributed by atoms with Crippen LogP contribution < -0.4 is 10.5 Å². The Morgan fingerprint density at radius 3 is 2.85 bits per heavy atom. The normalized spacial score (nSPS) is 19.2. The highest BCUT2D eigenvalue weighted by Crippen LogP contribution is 2.30. The van der Waals surface area contributed by atoms with Crippen LogP contribution in [0.1, 0.15) is 30.1 Å². The zero-order valence-corrected chi connectivity index (χ0v) is 17.8. The minimum absolute atomic E-state index is 0.0196. The van der Waals surface area contributed by atoms with Crippen molar-refractivity contribution in [1.82, 2.24) is 25.0 Å². The van der Waals surface area contributed by atoms with Crippen LogP contribution in [-0.4, -0.2) is 70.2 Å². The number of nitrogens with zero attached hydrogens (tertiary/aromatic N) is 6. The molecule has 0 saturated carbocycles. The number of fused-ring (bicyclic) bond motifs is 1. The molecule has 2 aliphatic heterocycles. The van der Waals surface area contributed by atoms with Gasteiger partial charge in [0.2, 0.25) is 5.91 Å². The molecule has 3 aromatic rings. The number of aromatic amines is 1. The second-order valence-corrected chi connectivity index (χ2v) is 8.25. The van der Waals surface area contributed by atoms with Crippen molar-refractivity contribution in [1.29, 1.82) is 5.26 Å². The molecule has 0 bridgehead atoms. The second kappa shape index (κ2) is 8.63. The van der Waals surface area contributed by atoms with Crippen molar-refractivity contribution in [3.63, 3.8) is 0 Å². The average Bonchev–Trinajstić information content (AvgIpc) is 3.46. The molecule has 2 fully saturated rings. The molecular formula is C22H22FN7O3. The highest BCUT2D eigenvalue weighted by molar-refractivity contribution is 5.79. The van der Waals surface area contributed by atoms with E-state index in [1.807, 2.05) is 20.8 Å². The number of anilines is 1. The van der Waals surface area contributed by atoms with Crippen LogP contribution in [0.5, 0.6) is 0 Å². The third-order valence-corrected chi connectivity index (χ3v) is 6.23. The maximum absolute atomic E-state index is 13.4. The average molecular weight is 451 g/mol. The van der Waals surface area contributed by atoms with Gasteiger partial charge in [0.05, 0.1) is 18.3 Å². The first kappa shape index (κ1) is 21.1. The number of likely N-dealkylation sites (tertiary alicyclic amines) is 1. The second-order valence-electron chi connectivity index (χ2n) is 8.25. The number of H-pyrrole nitrogens is 1. The molecule has 1 unspecified atom stereocenters. The molecule has 4 heterocycles. The summed E-state index contributed by atoms with van der Waals surface area (Å²) in [6, 6.07) is 7.95. The lowest BCUT2D eigenvalue weighted by molar-refractivity contribution is -0.133. The van der Waals surface area contributed by atoms with Gasteiger partial charge < -0.3 is 14.2 Å². The minimum Gasteiger partial charge on any atom is -0.423 e. The van der Waals surface area contributed by atoms with Crippen LogP contribution in [0.4, 0.5) is 10.4 Å². The molecule has 1 atom stereocenters. The van der Waals surface area contributed by atoms with Gasteiger partial charge in [0.1, 0.15) is 23.0 Å². The van der Waals surface area contributed by atoms with Gasteiger partial charge in [-0.3, -0.25) is 14.5 Å². The molecule has 2 saturated heterocycles. The number of amides is 1. The molecule has 2 aliphatic rings. The molecule has 2 aromatic heterocycles. The molecule has 5 rings (SSSR count). The molecule has 0 aliphatic carbocycles. The number of hydrogen-bond acceptors (Lipinski definition) is 8. The van der Waals surface area contributed by atoms with E-state index in [2.05, 4.69) is 15.2 Å². The summed E-state index contributed by atoms with van der Waals surface area (Å²) in [5.41, 5.74) is 1.12. The Balaban J connectivity index is 1.21. The number of nitriles is 1. The lowest BCUT2D eigenvalue weighted by Crippen LogP contribution is -2.51. The molecule has 1 aromatic carbocycles. The Labute approximate surface area is 188 Å². The molecule has 1 N–H and O–H groups in total. The van der Waals surface area contributed by atoms with Gasteiger partial charge >= 0.3 is 0 Å². The summed E-state index contributed by atoms with van der Waals surface area (Å²) in [7, 11) is 0. The summed E-state index contributed by atoms with van der Waals surface area (Å²) < 4.78 is 19.1. The van der Waals surface area contributed by atoms with Crippen molar-refractivity contribution < 1.29 is 13.6 Å². The fraction of sp³-hybridized carbons (Fsp3) is 0.409. The SMILES string of the molecule is N#Cc1cc(C2CCCN2CC(=O)N2CCN(c3nc4cc(F)ccc4o3)CC2)n[nH]c1=O. The lowest BCUT2D eigenvalue weighted by atomic mass is 10.1. The molecular weight excluding hydrogens is 429 g/mol. The molecule has 33 heavy (non-hydrogen) atoms. The number of hydrogen-bond donors (Lipinski definition) is 1. The number of oxazole rings is 1. The van der Waals surface area contributed by atoms with Crippen LogP contribution in [0.3, 0.4) is 0 Å². The first-order valence-electron chi connectivity index (χ1n) is 10.8. The molecule has 0 spiro atoms. The molecule has 0 radical (unpaired) electrons. The van der Waals surface area contributed by atoms with E-state index >= 15 is 0 Å². The number of rotatable bonds is 4. The van der Waals surface area contributed by atoms with Gasteiger partial charge in [-0.05, 0) is 37.6 Å². The van der Waals surface area contributed by atoms with Gasteiger partial charge in [-0.25, -0.2) is 9.49 Å². The number of halogens is 1. The van der Waals surface area contributed by atoms with Crippen LogP contribution in [0.15, 0.2) is 33.5 Å². The third-order valence-electron chi connectivity index (χ3n) is 6.23. The number of carbonyl (C=O) groups is 1. The van der Waals surface area contributed by atoms with Crippen molar-refractivity contribution in [2.75, 3.05) is 44.2 Å². The van der Waals surface area contributed by atoms with E-state index in [4.69, 9.17) is 9.68 Å². The van der Waals surface area contributed by atoms with E-state index < -0.39 is 5.56 Å². The zero-order chi connectivity index (χ0) is 22.9. The van der Waals surface area contributed by atoms with Gasteiger partial charge in [0.15, 0.2) is 5.58 Å². The van der Waals surface area contributed by atoms with Crippen molar-refractivity contribution in [3.8, 4) is 6.07 Å². The van der Waals surface area contributed by atoms with E-state index in [1.54, 1.807) is 6.07 Å². The fourth-order valence-corrected chi connectivity index (χ4v) is 4.47. The van der Waals surface area contributed by atoms with E-state index in [9.17, 15) is 14.0 Å². The van der Waals surface area contributed by atoms with Crippen LogP contribution in [0, 0.1) is 17.1 Å². The lowest BCUT2D eigenvalue weighted by Gasteiger charge is -2.35. The van der Waals surface area contributed by atoms with Crippen LogP contribution in [-0.2, 0) is 4.79 Å². The Bertz CT molecular complexity index is 1290. The number of aromatic nitrogens is 3. The van der Waals surface area contributed by atoms with E-state index in [0.717, 1.165) is 19.4 Å². The highest BCUT2D eigenvalue weighted by atomic mass is 19.1. The van der Waals surface area contributed by atoms with E-state index in [1.165, 1.54) is 18.2 Å². The van der Waals surface area contributed by atoms with E-state index in [0.29, 0.717) is 49.0 Å². The maximum Gasteiger partial charge on any atom is 0.298 e. The van der Waals surface area contributed by atoms with Crippen LogP contribution in [0.2, 0.25) is 0 Å². The van der Waals surface area contributed by atoms with Crippen LogP contribution >= 0.6 is 0 Å². The van der Waals surface area contributed by atoms with Crippen molar-refractivity contribution in [2.45, 2.75) is 18.9 Å². The van der Waals surface area contributed by atoms with Gasteiger partial charge in [-0.2, -0.15) is 15.3 Å². The minimum atomic E-state index is -0.510.